The fourth-order valence-electron chi connectivity index (χ4n) is 1.98. The topological polar surface area (TPSA) is 43.1 Å². The second-order valence-electron chi connectivity index (χ2n) is 4.01. The maximum atomic E-state index is 11.9. The van der Waals surface area contributed by atoms with E-state index < -0.39 is 10.8 Å². The van der Waals surface area contributed by atoms with E-state index in [1.54, 1.807) is 0 Å². The molecule has 0 spiro atoms. The largest absolute Gasteiger partial charge is 0.324 e. The zero-order valence-electron chi connectivity index (χ0n) is 8.49. The van der Waals surface area contributed by atoms with Gasteiger partial charge >= 0.3 is 0 Å². The van der Waals surface area contributed by atoms with Crippen molar-refractivity contribution in [3.05, 3.63) is 29.3 Å². The molecule has 3 heteroatoms. The highest BCUT2D eigenvalue weighted by Crippen LogP contribution is 2.33. The van der Waals surface area contributed by atoms with E-state index in [1.165, 1.54) is 0 Å². The van der Waals surface area contributed by atoms with Crippen molar-refractivity contribution in [3.8, 4) is 0 Å². The smallest absolute Gasteiger partial charge is 0.0539 e. The first-order valence-corrected chi connectivity index (χ1v) is 6.16. The van der Waals surface area contributed by atoms with Gasteiger partial charge in [0.25, 0.3) is 0 Å². The number of benzene rings is 1. The molecule has 0 fully saturated rings. The lowest BCUT2D eigenvalue weighted by atomic mass is 9.95. The van der Waals surface area contributed by atoms with Crippen LogP contribution in [0.3, 0.4) is 0 Å². The molecule has 1 aliphatic heterocycles. The lowest BCUT2D eigenvalue weighted by molar-refractivity contribution is 0.496. The third kappa shape index (κ3) is 1.41. The number of rotatable bonds is 0. The number of fused-ring (bicyclic) bond motifs is 1. The minimum atomic E-state index is -0.858. The van der Waals surface area contributed by atoms with Crippen LogP contribution in [-0.4, -0.2) is 9.96 Å². The van der Waals surface area contributed by atoms with Crippen LogP contribution in [0.2, 0.25) is 0 Å². The number of nitrogens with two attached hydrogens (primary N) is 1. The molecule has 2 N–H and O–H groups in total. The molecule has 0 saturated carbocycles. The van der Waals surface area contributed by atoms with Crippen molar-refractivity contribution in [3.63, 3.8) is 0 Å². The third-order valence-electron chi connectivity index (χ3n) is 2.86. The summed E-state index contributed by atoms with van der Waals surface area (Å²) in [4.78, 5) is 0.970. The van der Waals surface area contributed by atoms with E-state index in [0.717, 1.165) is 16.0 Å². The maximum Gasteiger partial charge on any atom is 0.0539 e. The van der Waals surface area contributed by atoms with Crippen molar-refractivity contribution in [2.75, 3.05) is 5.75 Å². The second kappa shape index (κ2) is 3.48. The fraction of sp³-hybridized carbons (Fsp3) is 0.455. The van der Waals surface area contributed by atoms with Gasteiger partial charge in [-0.05, 0) is 24.0 Å². The Morgan fingerprint density at radius 2 is 2.21 bits per heavy atom. The van der Waals surface area contributed by atoms with E-state index >= 15 is 0 Å². The number of hydrogen-bond acceptors (Lipinski definition) is 2. The molecule has 1 heterocycles. The summed E-state index contributed by atoms with van der Waals surface area (Å²) in [5, 5.41) is 0. The minimum absolute atomic E-state index is 0.0441. The van der Waals surface area contributed by atoms with Crippen molar-refractivity contribution < 1.29 is 4.21 Å². The zero-order chi connectivity index (χ0) is 10.3. The molecule has 3 unspecified atom stereocenters. The Morgan fingerprint density at radius 3 is 2.93 bits per heavy atom. The van der Waals surface area contributed by atoms with Crippen LogP contribution in [-0.2, 0) is 10.8 Å². The Labute approximate surface area is 87.0 Å². The van der Waals surface area contributed by atoms with Crippen LogP contribution in [0.1, 0.15) is 24.1 Å². The summed E-state index contributed by atoms with van der Waals surface area (Å²) in [6, 6.07) is 6.03. The Morgan fingerprint density at radius 1 is 1.50 bits per heavy atom. The van der Waals surface area contributed by atoms with Gasteiger partial charge in [0.1, 0.15) is 0 Å². The van der Waals surface area contributed by atoms with E-state index in [1.807, 2.05) is 25.1 Å². The standard InChI is InChI=1S/C11H15NOS/c1-7-4-3-5-9-10(12)8(2)6-14(13)11(7)9/h3-5,8,10H,6,12H2,1-2H3. The van der Waals surface area contributed by atoms with E-state index in [9.17, 15) is 4.21 Å². The number of aryl methyl sites for hydroxylation is 1. The van der Waals surface area contributed by atoms with Gasteiger partial charge in [-0.2, -0.15) is 0 Å². The molecular formula is C11H15NOS. The predicted molar refractivity (Wildman–Crippen MR) is 58.5 cm³/mol. The van der Waals surface area contributed by atoms with Gasteiger partial charge in [0, 0.05) is 16.7 Å². The average Bonchev–Trinajstić information content (AvgIpc) is 2.14. The molecule has 14 heavy (non-hydrogen) atoms. The van der Waals surface area contributed by atoms with Gasteiger partial charge in [0.2, 0.25) is 0 Å². The molecule has 76 valence electrons. The maximum absolute atomic E-state index is 11.9. The van der Waals surface area contributed by atoms with Gasteiger partial charge in [-0.3, -0.25) is 4.21 Å². The van der Waals surface area contributed by atoms with Crippen molar-refractivity contribution in [1.29, 1.82) is 0 Å². The van der Waals surface area contributed by atoms with E-state index in [-0.39, 0.29) is 6.04 Å². The summed E-state index contributed by atoms with van der Waals surface area (Å²) >= 11 is 0. The molecule has 2 nitrogen and oxygen atoms in total. The molecule has 0 aliphatic carbocycles. The predicted octanol–water partition coefficient (Wildman–Crippen LogP) is 1.75. The highest BCUT2D eigenvalue weighted by Gasteiger charge is 2.28. The molecule has 2 rings (SSSR count). The summed E-state index contributed by atoms with van der Waals surface area (Å²) in [6.45, 7) is 4.06. The molecule has 0 amide bonds. The first-order valence-electron chi connectivity index (χ1n) is 4.84. The second-order valence-corrected chi connectivity index (χ2v) is 5.44. The van der Waals surface area contributed by atoms with Crippen LogP contribution >= 0.6 is 0 Å². The summed E-state index contributed by atoms with van der Waals surface area (Å²) in [5.74, 6) is 1.00. The highest BCUT2D eigenvalue weighted by molar-refractivity contribution is 7.85. The molecule has 0 saturated heterocycles. The molecule has 3 atom stereocenters. The summed E-state index contributed by atoms with van der Waals surface area (Å²) in [6.07, 6.45) is 0. The molecule has 1 aromatic carbocycles. The third-order valence-corrected chi connectivity index (χ3v) is 4.70. The fourth-order valence-corrected chi connectivity index (χ4v) is 3.73. The van der Waals surface area contributed by atoms with Crippen LogP contribution < -0.4 is 5.73 Å². The Kier molecular flexibility index (Phi) is 2.45. The lowest BCUT2D eigenvalue weighted by Crippen LogP contribution is -2.30. The molecule has 0 bridgehead atoms. The Bertz CT molecular complexity index is 389. The molecule has 0 aromatic heterocycles. The quantitative estimate of drug-likeness (QED) is 0.707. The van der Waals surface area contributed by atoms with Crippen LogP contribution in [0, 0.1) is 12.8 Å². The molecule has 1 aliphatic rings. The van der Waals surface area contributed by atoms with Crippen molar-refractivity contribution >= 4 is 10.8 Å². The zero-order valence-corrected chi connectivity index (χ0v) is 9.30. The molecule has 0 radical (unpaired) electrons. The summed E-state index contributed by atoms with van der Waals surface area (Å²) < 4.78 is 11.9. The van der Waals surface area contributed by atoms with E-state index in [4.69, 9.17) is 5.73 Å². The van der Waals surface area contributed by atoms with Crippen LogP contribution in [0.15, 0.2) is 23.1 Å². The molecular weight excluding hydrogens is 194 g/mol. The van der Waals surface area contributed by atoms with E-state index in [0.29, 0.717) is 11.7 Å². The van der Waals surface area contributed by atoms with Gasteiger partial charge in [-0.15, -0.1) is 0 Å². The Hall–Kier alpha value is -0.670. The summed E-state index contributed by atoms with van der Waals surface area (Å²) in [5.41, 5.74) is 8.26. The van der Waals surface area contributed by atoms with Gasteiger partial charge < -0.3 is 5.73 Å². The lowest BCUT2D eigenvalue weighted by Gasteiger charge is -2.28. The highest BCUT2D eigenvalue weighted by atomic mass is 32.2. The van der Waals surface area contributed by atoms with E-state index in [2.05, 4.69) is 6.92 Å². The normalized spacial score (nSPS) is 31.2. The first kappa shape index (κ1) is 9.87. The van der Waals surface area contributed by atoms with Crippen molar-refractivity contribution in [1.82, 2.24) is 0 Å². The number of hydrogen-bond donors (Lipinski definition) is 1. The minimum Gasteiger partial charge on any atom is -0.324 e. The Balaban J connectivity index is 2.61. The van der Waals surface area contributed by atoms with Gasteiger partial charge in [0.05, 0.1) is 10.8 Å². The van der Waals surface area contributed by atoms with Crippen LogP contribution in [0.5, 0.6) is 0 Å². The van der Waals surface area contributed by atoms with Crippen LogP contribution in [0.4, 0.5) is 0 Å². The average molecular weight is 209 g/mol. The van der Waals surface area contributed by atoms with Crippen LogP contribution in [0.25, 0.3) is 0 Å². The SMILES string of the molecule is Cc1cccc2c1S(=O)CC(C)C2N. The molecule has 1 aromatic rings. The first-order chi connectivity index (χ1) is 6.61. The summed E-state index contributed by atoms with van der Waals surface area (Å²) in [7, 11) is -0.858. The van der Waals surface area contributed by atoms with Crippen molar-refractivity contribution in [2.45, 2.75) is 24.8 Å². The van der Waals surface area contributed by atoms with Crippen molar-refractivity contribution in [2.24, 2.45) is 11.7 Å². The van der Waals surface area contributed by atoms with Gasteiger partial charge in [-0.25, -0.2) is 0 Å². The monoisotopic (exact) mass is 209 g/mol. The van der Waals surface area contributed by atoms with Gasteiger partial charge in [-0.1, -0.05) is 25.1 Å². The van der Waals surface area contributed by atoms with Gasteiger partial charge in [0.15, 0.2) is 0 Å².